The zero-order chi connectivity index (χ0) is 11.0. The van der Waals surface area contributed by atoms with Crippen LogP contribution < -0.4 is 0 Å². The van der Waals surface area contributed by atoms with E-state index in [0.717, 1.165) is 0 Å². The van der Waals surface area contributed by atoms with Gasteiger partial charge in [0.15, 0.2) is 5.82 Å². The van der Waals surface area contributed by atoms with Crippen LogP contribution in [0.2, 0.25) is 0 Å². The predicted molar refractivity (Wildman–Crippen MR) is 59.7 cm³/mol. The van der Waals surface area contributed by atoms with Crippen LogP contribution in [0.3, 0.4) is 0 Å². The second kappa shape index (κ2) is 3.86. The van der Waals surface area contributed by atoms with Gasteiger partial charge in [-0.05, 0) is 34.1 Å². The van der Waals surface area contributed by atoms with Crippen molar-refractivity contribution >= 4 is 28.6 Å². The van der Waals surface area contributed by atoms with Crippen LogP contribution in [0.25, 0.3) is 11.4 Å². The molecule has 0 aliphatic heterocycles. The molecule has 0 aliphatic carbocycles. The van der Waals surface area contributed by atoms with E-state index in [1.807, 2.05) is 0 Å². The lowest BCUT2D eigenvalue weighted by molar-refractivity contribution is 0.621. The van der Waals surface area contributed by atoms with Crippen molar-refractivity contribution < 1.29 is 4.39 Å². The molecule has 0 saturated carbocycles. The summed E-state index contributed by atoms with van der Waals surface area (Å²) in [6.45, 7) is 0. The van der Waals surface area contributed by atoms with Crippen molar-refractivity contribution in [2.75, 3.05) is 0 Å². The fourth-order valence-electron chi connectivity index (χ4n) is 1.20. The zero-order valence-electron chi connectivity index (χ0n) is 7.74. The van der Waals surface area contributed by atoms with Crippen molar-refractivity contribution in [3.8, 4) is 11.4 Å². The summed E-state index contributed by atoms with van der Waals surface area (Å²) in [5.74, 6) is 0.229. The van der Waals surface area contributed by atoms with Gasteiger partial charge in [-0.3, -0.25) is 0 Å². The number of nitrogens with zero attached hydrogens (tertiary/aromatic N) is 3. The van der Waals surface area contributed by atoms with E-state index in [4.69, 9.17) is 12.6 Å². The lowest BCUT2D eigenvalue weighted by Gasteiger charge is -2.06. The Labute approximate surface area is 99.9 Å². The third-order valence-corrected chi connectivity index (χ3v) is 3.01. The van der Waals surface area contributed by atoms with Gasteiger partial charge >= 0.3 is 0 Å². The van der Waals surface area contributed by atoms with Gasteiger partial charge in [0.2, 0.25) is 0 Å². The Morgan fingerprint density at radius 1 is 1.40 bits per heavy atom. The highest BCUT2D eigenvalue weighted by molar-refractivity contribution is 9.10. The summed E-state index contributed by atoms with van der Waals surface area (Å²) in [5.41, 5.74) is 0.654. The zero-order valence-corrected chi connectivity index (χ0v) is 10.1. The summed E-state index contributed by atoms with van der Waals surface area (Å²) >= 11 is 8.01. The Hall–Kier alpha value is -1.01. The molecule has 2 aromatic rings. The average Bonchev–Trinajstić information content (AvgIpc) is 2.53. The van der Waals surface area contributed by atoms with E-state index in [-0.39, 0.29) is 5.82 Å². The molecule has 0 unspecified atom stereocenters. The smallest absolute Gasteiger partial charge is 0.162 e. The lowest BCUT2D eigenvalue weighted by Crippen LogP contribution is -1.95. The molecule has 15 heavy (non-hydrogen) atoms. The molecule has 0 bridgehead atoms. The fourth-order valence-corrected chi connectivity index (χ4v) is 1.58. The van der Waals surface area contributed by atoms with Gasteiger partial charge in [-0.25, -0.2) is 4.39 Å². The van der Waals surface area contributed by atoms with Crippen molar-refractivity contribution in [2.24, 2.45) is 7.05 Å². The van der Waals surface area contributed by atoms with Crippen LogP contribution in [0.5, 0.6) is 0 Å². The van der Waals surface area contributed by atoms with Gasteiger partial charge in [-0.1, -0.05) is 0 Å². The second-order valence-corrected chi connectivity index (χ2v) is 4.21. The summed E-state index contributed by atoms with van der Waals surface area (Å²) in [5, 5.41) is 8.00. The normalized spacial score (nSPS) is 10.6. The van der Waals surface area contributed by atoms with Crippen LogP contribution in [0.15, 0.2) is 27.8 Å². The van der Waals surface area contributed by atoms with Gasteiger partial charge in [0, 0.05) is 17.8 Å². The molecule has 0 spiro atoms. The van der Waals surface area contributed by atoms with Crippen molar-refractivity contribution in [3.05, 3.63) is 28.5 Å². The Morgan fingerprint density at radius 3 is 2.67 bits per heavy atom. The molecule has 1 aromatic heterocycles. The number of hydrogen-bond acceptors (Lipinski definition) is 3. The first-order valence-electron chi connectivity index (χ1n) is 4.11. The topological polar surface area (TPSA) is 30.7 Å². The molecule has 0 amide bonds. The monoisotopic (exact) mass is 286 g/mol. The van der Waals surface area contributed by atoms with Crippen molar-refractivity contribution in [2.45, 2.75) is 5.16 Å². The van der Waals surface area contributed by atoms with Gasteiger partial charge in [-0.2, -0.15) is 5.10 Å². The van der Waals surface area contributed by atoms with E-state index in [9.17, 15) is 4.39 Å². The second-order valence-electron chi connectivity index (χ2n) is 2.99. The van der Waals surface area contributed by atoms with Crippen molar-refractivity contribution in [1.29, 1.82) is 0 Å². The highest BCUT2D eigenvalue weighted by Crippen LogP contribution is 2.23. The predicted octanol–water partition coefficient (Wildman–Crippen LogP) is 2.29. The third-order valence-electron chi connectivity index (χ3n) is 2.01. The maximum atomic E-state index is 13.3. The first-order valence-corrected chi connectivity index (χ1v) is 5.31. The van der Waals surface area contributed by atoms with E-state index in [0.29, 0.717) is 21.0 Å². The molecule has 2 rings (SSSR count). The summed E-state index contributed by atoms with van der Waals surface area (Å²) < 4.78 is 15.3. The van der Waals surface area contributed by atoms with E-state index in [1.54, 1.807) is 23.7 Å². The number of aromatic nitrogens is 3. The maximum Gasteiger partial charge on any atom is 0.162 e. The van der Waals surface area contributed by atoms with E-state index >= 15 is 0 Å². The molecule has 1 heterocycles. The molecule has 0 N–H and O–H groups in total. The Bertz CT molecular complexity index is 512. The Balaban J connectivity index is 2.55. The van der Waals surface area contributed by atoms with Crippen LogP contribution in [0.4, 0.5) is 4.39 Å². The van der Waals surface area contributed by atoms with Crippen molar-refractivity contribution in [3.63, 3.8) is 0 Å². The quantitative estimate of drug-likeness (QED) is 0.754. The third kappa shape index (κ3) is 1.87. The van der Waals surface area contributed by atoms with E-state index < -0.39 is 0 Å². The van der Waals surface area contributed by atoms with E-state index in [1.165, 1.54) is 6.07 Å². The number of hydrogen-bond donors (Lipinski definition) is 0. The molecule has 0 fully saturated rings. The van der Waals surface area contributed by atoms with E-state index in [2.05, 4.69) is 26.1 Å². The molecule has 0 aliphatic rings. The molecular weight excluding hydrogens is 281 g/mol. The molecule has 0 radical (unpaired) electrons. The molecule has 1 aromatic carbocycles. The standard InChI is InChI=1S/C9H7BrFN3S/c1-14-8(12-13-9(14)15)5-2-3-6(10)7(11)4-5/h2-4H,1H3,(H,13,15)/p-1. The van der Waals surface area contributed by atoms with Gasteiger partial charge in [0.25, 0.3) is 0 Å². The average molecular weight is 287 g/mol. The minimum Gasteiger partial charge on any atom is -0.740 e. The summed E-state index contributed by atoms with van der Waals surface area (Å²) in [7, 11) is 1.75. The minimum atomic E-state index is -0.332. The fraction of sp³-hybridized carbons (Fsp3) is 0.111. The van der Waals surface area contributed by atoms with Crippen LogP contribution in [-0.2, 0) is 19.7 Å². The summed E-state index contributed by atoms with van der Waals surface area (Å²) in [6, 6.07) is 4.78. The largest absolute Gasteiger partial charge is 0.740 e. The van der Waals surface area contributed by atoms with Crippen molar-refractivity contribution in [1.82, 2.24) is 14.8 Å². The molecular formula is C9H6BrFN3S-. The number of halogens is 2. The molecule has 0 atom stereocenters. The SMILES string of the molecule is Cn1c([S-])nnc1-c1ccc(Br)c(F)c1. The molecule has 78 valence electrons. The minimum absolute atomic E-state index is 0.332. The Morgan fingerprint density at radius 2 is 2.13 bits per heavy atom. The van der Waals surface area contributed by atoms with Gasteiger partial charge in [-0.15, -0.1) is 5.10 Å². The van der Waals surface area contributed by atoms with Crippen LogP contribution in [-0.4, -0.2) is 14.8 Å². The van der Waals surface area contributed by atoms with Crippen LogP contribution in [0, 0.1) is 5.82 Å². The highest BCUT2D eigenvalue weighted by Gasteiger charge is 2.07. The van der Waals surface area contributed by atoms with Crippen LogP contribution >= 0.6 is 15.9 Å². The van der Waals surface area contributed by atoms with Gasteiger partial charge < -0.3 is 17.2 Å². The number of benzene rings is 1. The molecule has 0 saturated heterocycles. The first-order chi connectivity index (χ1) is 7.09. The van der Waals surface area contributed by atoms with Gasteiger partial charge in [0.1, 0.15) is 5.82 Å². The maximum absolute atomic E-state index is 13.3. The Kier molecular flexibility index (Phi) is 2.70. The number of rotatable bonds is 1. The first kappa shape index (κ1) is 10.5. The highest BCUT2D eigenvalue weighted by atomic mass is 79.9. The van der Waals surface area contributed by atoms with Gasteiger partial charge in [0.05, 0.1) is 4.47 Å². The lowest BCUT2D eigenvalue weighted by atomic mass is 10.2. The summed E-state index contributed by atoms with van der Waals surface area (Å²) in [6.07, 6.45) is 0. The molecule has 3 nitrogen and oxygen atoms in total. The van der Waals surface area contributed by atoms with Crippen LogP contribution in [0.1, 0.15) is 0 Å². The molecule has 6 heteroatoms. The summed E-state index contributed by atoms with van der Waals surface area (Å²) in [4.78, 5) is 0.